The first-order chi connectivity index (χ1) is 14.1. The molecule has 0 bridgehead atoms. The molecule has 0 unspecified atom stereocenters. The molecular weight excluding hydrogens is 362 g/mol. The molecule has 1 heterocycles. The fraction of sp³-hybridized carbons (Fsp3) is 0.160. The number of rotatable bonds is 5. The van der Waals surface area contributed by atoms with Gasteiger partial charge < -0.3 is 14.5 Å². The van der Waals surface area contributed by atoms with Crippen LogP contribution < -0.4 is 10.1 Å². The van der Waals surface area contributed by atoms with Crippen molar-refractivity contribution in [3.05, 3.63) is 83.4 Å². The van der Waals surface area contributed by atoms with Crippen LogP contribution in [0.15, 0.2) is 71.1 Å². The highest BCUT2D eigenvalue weighted by atomic mass is 16.5. The number of aryl methyl sites for hydroxylation is 1. The largest absolute Gasteiger partial charge is 0.494 e. The van der Waals surface area contributed by atoms with E-state index >= 15 is 0 Å². The number of furan rings is 1. The minimum atomic E-state index is -0.204. The van der Waals surface area contributed by atoms with Gasteiger partial charge in [0, 0.05) is 16.6 Å². The van der Waals surface area contributed by atoms with Crippen molar-refractivity contribution in [1.82, 2.24) is 0 Å². The summed E-state index contributed by atoms with van der Waals surface area (Å²) in [7, 11) is 0. The van der Waals surface area contributed by atoms with Gasteiger partial charge in [-0.15, -0.1) is 0 Å². The molecule has 0 radical (unpaired) electrons. The van der Waals surface area contributed by atoms with Gasteiger partial charge in [-0.2, -0.15) is 0 Å². The van der Waals surface area contributed by atoms with Crippen LogP contribution in [0.3, 0.4) is 0 Å². The third-order valence-corrected chi connectivity index (χ3v) is 5.09. The standard InChI is InChI=1S/C25H23NO3/c1-4-28-19-13-14-22-20(15-19)23(24(29-22)18-10-6-5-7-11-18)25(27)26-21-12-8-9-16(2)17(21)3/h5-15H,4H2,1-3H3,(H,26,27). The molecule has 1 N–H and O–H groups in total. The molecule has 0 aliphatic carbocycles. The Morgan fingerprint density at radius 1 is 1.00 bits per heavy atom. The number of hydrogen-bond donors (Lipinski definition) is 1. The van der Waals surface area contributed by atoms with Gasteiger partial charge >= 0.3 is 0 Å². The molecule has 0 fully saturated rings. The van der Waals surface area contributed by atoms with E-state index in [1.807, 2.05) is 87.5 Å². The first kappa shape index (κ1) is 18.8. The van der Waals surface area contributed by atoms with E-state index in [-0.39, 0.29) is 5.91 Å². The molecule has 4 rings (SSSR count). The lowest BCUT2D eigenvalue weighted by Crippen LogP contribution is -2.13. The van der Waals surface area contributed by atoms with Crippen LogP contribution in [0.5, 0.6) is 5.75 Å². The second-order valence-electron chi connectivity index (χ2n) is 6.96. The normalized spacial score (nSPS) is 10.9. The predicted molar refractivity (Wildman–Crippen MR) is 117 cm³/mol. The topological polar surface area (TPSA) is 51.5 Å². The Morgan fingerprint density at radius 2 is 1.79 bits per heavy atom. The number of nitrogens with one attached hydrogen (secondary N) is 1. The van der Waals surface area contributed by atoms with E-state index in [4.69, 9.17) is 9.15 Å². The Hall–Kier alpha value is -3.53. The average molecular weight is 385 g/mol. The number of ether oxygens (including phenoxy) is 1. The maximum Gasteiger partial charge on any atom is 0.260 e. The number of fused-ring (bicyclic) bond motifs is 1. The minimum absolute atomic E-state index is 0.204. The van der Waals surface area contributed by atoms with Crippen LogP contribution in [0.25, 0.3) is 22.3 Å². The summed E-state index contributed by atoms with van der Waals surface area (Å²) in [6, 6.07) is 21.1. The zero-order valence-electron chi connectivity index (χ0n) is 16.8. The third-order valence-electron chi connectivity index (χ3n) is 5.09. The van der Waals surface area contributed by atoms with Crippen LogP contribution in [0.4, 0.5) is 5.69 Å². The Kier molecular flexibility index (Phi) is 5.09. The highest BCUT2D eigenvalue weighted by Gasteiger charge is 2.23. The van der Waals surface area contributed by atoms with Crippen molar-refractivity contribution in [2.75, 3.05) is 11.9 Å². The zero-order valence-corrected chi connectivity index (χ0v) is 16.8. The summed E-state index contributed by atoms with van der Waals surface area (Å²) in [5, 5.41) is 3.80. The summed E-state index contributed by atoms with van der Waals surface area (Å²) in [4.78, 5) is 13.4. The summed E-state index contributed by atoms with van der Waals surface area (Å²) >= 11 is 0. The van der Waals surface area contributed by atoms with Gasteiger partial charge in [0.05, 0.1) is 12.2 Å². The fourth-order valence-electron chi connectivity index (χ4n) is 3.42. The van der Waals surface area contributed by atoms with Gasteiger partial charge in [0.2, 0.25) is 0 Å². The lowest BCUT2D eigenvalue weighted by atomic mass is 10.0. The van der Waals surface area contributed by atoms with Gasteiger partial charge in [-0.3, -0.25) is 4.79 Å². The molecule has 0 aliphatic rings. The van der Waals surface area contributed by atoms with Crippen molar-refractivity contribution >= 4 is 22.6 Å². The van der Waals surface area contributed by atoms with Gasteiger partial charge in [-0.1, -0.05) is 42.5 Å². The Morgan fingerprint density at radius 3 is 2.55 bits per heavy atom. The number of amides is 1. The van der Waals surface area contributed by atoms with E-state index in [2.05, 4.69) is 5.32 Å². The number of anilines is 1. The molecule has 0 saturated carbocycles. The van der Waals surface area contributed by atoms with Gasteiger partial charge in [0.25, 0.3) is 5.91 Å². The molecule has 0 atom stereocenters. The lowest BCUT2D eigenvalue weighted by Gasteiger charge is -2.11. The van der Waals surface area contributed by atoms with Crippen LogP contribution in [0.1, 0.15) is 28.4 Å². The van der Waals surface area contributed by atoms with E-state index in [0.717, 1.165) is 27.8 Å². The van der Waals surface area contributed by atoms with E-state index in [0.29, 0.717) is 29.3 Å². The van der Waals surface area contributed by atoms with Gasteiger partial charge in [-0.05, 0) is 56.2 Å². The van der Waals surface area contributed by atoms with Crippen molar-refractivity contribution in [3.63, 3.8) is 0 Å². The van der Waals surface area contributed by atoms with Gasteiger partial charge in [0.15, 0.2) is 0 Å². The number of benzene rings is 3. The monoisotopic (exact) mass is 385 g/mol. The first-order valence-electron chi connectivity index (χ1n) is 9.71. The molecule has 4 nitrogen and oxygen atoms in total. The van der Waals surface area contributed by atoms with Gasteiger partial charge in [0.1, 0.15) is 17.1 Å². The minimum Gasteiger partial charge on any atom is -0.494 e. The van der Waals surface area contributed by atoms with Crippen molar-refractivity contribution in [1.29, 1.82) is 0 Å². The van der Waals surface area contributed by atoms with Crippen LogP contribution >= 0.6 is 0 Å². The molecular formula is C25H23NO3. The molecule has 4 heteroatoms. The summed E-state index contributed by atoms with van der Waals surface area (Å²) in [6.07, 6.45) is 0. The smallest absolute Gasteiger partial charge is 0.260 e. The SMILES string of the molecule is CCOc1ccc2oc(-c3ccccc3)c(C(=O)Nc3cccc(C)c3C)c2c1. The molecule has 29 heavy (non-hydrogen) atoms. The first-order valence-corrected chi connectivity index (χ1v) is 9.71. The Bertz CT molecular complexity index is 1180. The van der Waals surface area contributed by atoms with E-state index in [1.165, 1.54) is 0 Å². The summed E-state index contributed by atoms with van der Waals surface area (Å²) < 4.78 is 11.8. The maximum atomic E-state index is 13.4. The highest BCUT2D eigenvalue weighted by molar-refractivity contribution is 6.16. The van der Waals surface area contributed by atoms with Gasteiger partial charge in [-0.25, -0.2) is 0 Å². The lowest BCUT2D eigenvalue weighted by molar-refractivity contribution is 0.102. The summed E-state index contributed by atoms with van der Waals surface area (Å²) in [6.45, 7) is 6.52. The maximum absolute atomic E-state index is 13.4. The van der Waals surface area contributed by atoms with E-state index in [9.17, 15) is 4.79 Å². The van der Waals surface area contributed by atoms with Crippen LogP contribution in [0, 0.1) is 13.8 Å². The van der Waals surface area contributed by atoms with Crippen molar-refractivity contribution in [2.24, 2.45) is 0 Å². The number of carbonyl (C=O) groups is 1. The van der Waals surface area contributed by atoms with Crippen LogP contribution in [-0.4, -0.2) is 12.5 Å². The number of carbonyl (C=O) groups excluding carboxylic acids is 1. The molecule has 1 amide bonds. The average Bonchev–Trinajstić information content (AvgIpc) is 3.11. The van der Waals surface area contributed by atoms with Crippen LogP contribution in [-0.2, 0) is 0 Å². The molecule has 0 aliphatic heterocycles. The zero-order chi connectivity index (χ0) is 20.4. The number of hydrogen-bond acceptors (Lipinski definition) is 3. The predicted octanol–water partition coefficient (Wildman–Crippen LogP) is 6.37. The second kappa shape index (κ2) is 7.84. The molecule has 3 aromatic carbocycles. The van der Waals surface area contributed by atoms with E-state index in [1.54, 1.807) is 0 Å². The Labute approximate surface area is 170 Å². The molecule has 0 saturated heterocycles. The van der Waals surface area contributed by atoms with Crippen molar-refractivity contribution in [3.8, 4) is 17.1 Å². The molecule has 0 spiro atoms. The van der Waals surface area contributed by atoms with Crippen molar-refractivity contribution < 1.29 is 13.9 Å². The molecule has 4 aromatic rings. The quantitative estimate of drug-likeness (QED) is 0.434. The summed E-state index contributed by atoms with van der Waals surface area (Å²) in [5.41, 5.74) is 4.98. The third kappa shape index (κ3) is 3.61. The Balaban J connectivity index is 1.86. The van der Waals surface area contributed by atoms with E-state index < -0.39 is 0 Å². The fourth-order valence-corrected chi connectivity index (χ4v) is 3.42. The molecule has 1 aromatic heterocycles. The highest BCUT2D eigenvalue weighted by Crippen LogP contribution is 2.36. The van der Waals surface area contributed by atoms with Crippen LogP contribution in [0.2, 0.25) is 0 Å². The second-order valence-corrected chi connectivity index (χ2v) is 6.96. The van der Waals surface area contributed by atoms with Crippen molar-refractivity contribution in [2.45, 2.75) is 20.8 Å². The molecule has 146 valence electrons. The summed E-state index contributed by atoms with van der Waals surface area (Å²) in [5.74, 6) is 1.06.